The first-order chi connectivity index (χ1) is 9.27. The maximum atomic E-state index is 13.9. The van der Waals surface area contributed by atoms with Crippen LogP contribution < -0.4 is 0 Å². The monoisotopic (exact) mass is 350 g/mol. The van der Waals surface area contributed by atoms with Crippen LogP contribution in [0.5, 0.6) is 0 Å². The van der Waals surface area contributed by atoms with E-state index in [2.05, 4.69) is 0 Å². The molecule has 0 aliphatic rings. The van der Waals surface area contributed by atoms with Gasteiger partial charge in [-0.3, -0.25) is 4.57 Å². The Labute approximate surface area is 126 Å². The van der Waals surface area contributed by atoms with Gasteiger partial charge in [0.05, 0.1) is 13.2 Å². The summed E-state index contributed by atoms with van der Waals surface area (Å²) in [7, 11) is -7.23. The third-order valence-corrected chi connectivity index (χ3v) is 6.63. The average molecular weight is 350 g/mol. The molecule has 1 atom stereocenters. The number of hydrogen-bond donors (Lipinski definition) is 0. The second-order valence-electron chi connectivity index (χ2n) is 5.90. The Kier molecular flexibility index (Phi) is 7.17. The molecular weight excluding hydrogens is 324 g/mol. The normalized spacial score (nSPS) is 17.1. The maximum absolute atomic E-state index is 13.9. The fraction of sp³-hybridized carbons (Fsp3) is 1.00. The Balaban J connectivity index is 6.27. The zero-order chi connectivity index (χ0) is 17.1. The van der Waals surface area contributed by atoms with E-state index in [0.717, 1.165) is 0 Å². The van der Waals surface area contributed by atoms with Crippen LogP contribution in [0, 0.1) is 5.92 Å². The van der Waals surface area contributed by atoms with E-state index in [-0.39, 0.29) is 13.2 Å². The summed E-state index contributed by atoms with van der Waals surface area (Å²) in [6, 6.07) is 0. The van der Waals surface area contributed by atoms with Crippen LogP contribution >= 0.6 is 7.60 Å². The number of halogens is 3. The Morgan fingerprint density at radius 1 is 1.05 bits per heavy atom. The van der Waals surface area contributed by atoms with Crippen LogP contribution in [0.1, 0.15) is 27.7 Å². The Morgan fingerprint density at radius 3 is 1.62 bits per heavy atom. The van der Waals surface area contributed by atoms with E-state index in [9.17, 15) is 17.7 Å². The van der Waals surface area contributed by atoms with Gasteiger partial charge in [-0.1, -0.05) is 13.8 Å². The lowest BCUT2D eigenvalue weighted by molar-refractivity contribution is -0.238. The van der Waals surface area contributed by atoms with Crippen molar-refractivity contribution in [2.75, 3.05) is 13.2 Å². The summed E-state index contributed by atoms with van der Waals surface area (Å²) in [6.07, 6.45) is -4.87. The van der Waals surface area contributed by atoms with Crippen molar-refractivity contribution in [2.45, 2.75) is 58.9 Å². The van der Waals surface area contributed by atoms with Crippen LogP contribution in [-0.2, 0) is 18.0 Å². The van der Waals surface area contributed by atoms with Crippen molar-refractivity contribution in [3.63, 3.8) is 0 Å². The van der Waals surface area contributed by atoms with Crippen LogP contribution in [0.2, 0.25) is 19.6 Å². The van der Waals surface area contributed by atoms with E-state index < -0.39 is 33.3 Å². The average Bonchev–Trinajstić information content (AvgIpc) is 2.22. The lowest BCUT2D eigenvalue weighted by Gasteiger charge is -2.45. The summed E-state index contributed by atoms with van der Waals surface area (Å²) >= 11 is 0. The van der Waals surface area contributed by atoms with Gasteiger partial charge in [0.2, 0.25) is 0 Å². The zero-order valence-electron chi connectivity index (χ0n) is 13.7. The number of hydrogen-bond acceptors (Lipinski definition) is 4. The summed E-state index contributed by atoms with van der Waals surface area (Å²) in [5, 5.41) is -2.95. The van der Waals surface area contributed by atoms with Gasteiger partial charge in [-0.15, -0.1) is 0 Å². The smallest absolute Gasteiger partial charge is 0.395 e. The molecule has 0 amide bonds. The largest absolute Gasteiger partial charge is 0.428 e. The molecular formula is C12H26F3O4PSi. The van der Waals surface area contributed by atoms with Gasteiger partial charge in [-0.2, -0.15) is 13.2 Å². The Hall–Kier alpha value is 0.117. The van der Waals surface area contributed by atoms with E-state index in [0.29, 0.717) is 0 Å². The van der Waals surface area contributed by atoms with Crippen molar-refractivity contribution in [1.29, 1.82) is 0 Å². The molecule has 0 bridgehead atoms. The van der Waals surface area contributed by atoms with E-state index in [1.165, 1.54) is 27.7 Å². The first kappa shape index (κ1) is 21.1. The second kappa shape index (κ2) is 7.13. The second-order valence-corrected chi connectivity index (χ2v) is 12.5. The summed E-state index contributed by atoms with van der Waals surface area (Å²) in [5.74, 6) is -1.12. The minimum atomic E-state index is -4.87. The third kappa shape index (κ3) is 4.54. The zero-order valence-corrected chi connectivity index (χ0v) is 15.6. The van der Waals surface area contributed by atoms with Crippen molar-refractivity contribution in [3.05, 3.63) is 0 Å². The van der Waals surface area contributed by atoms with Gasteiger partial charge in [-0.25, -0.2) is 0 Å². The van der Waals surface area contributed by atoms with Gasteiger partial charge in [0.15, 0.2) is 8.32 Å². The molecule has 0 fully saturated rings. The van der Waals surface area contributed by atoms with E-state index in [1.54, 1.807) is 19.6 Å². The Morgan fingerprint density at radius 2 is 1.43 bits per heavy atom. The quantitative estimate of drug-likeness (QED) is 0.455. The molecule has 4 nitrogen and oxygen atoms in total. The molecule has 0 rings (SSSR count). The topological polar surface area (TPSA) is 44.8 Å². The molecule has 128 valence electrons. The molecule has 0 aromatic heterocycles. The minimum Gasteiger partial charge on any atom is -0.395 e. The maximum Gasteiger partial charge on any atom is 0.428 e. The first-order valence-electron chi connectivity index (χ1n) is 6.93. The summed E-state index contributed by atoms with van der Waals surface area (Å²) in [5.41, 5.74) is 0. The van der Waals surface area contributed by atoms with Gasteiger partial charge in [-0.05, 0) is 33.5 Å². The molecule has 0 spiro atoms. The van der Waals surface area contributed by atoms with Gasteiger partial charge in [0.25, 0.3) is 5.34 Å². The summed E-state index contributed by atoms with van der Waals surface area (Å²) in [6.45, 7) is 10.1. The van der Waals surface area contributed by atoms with Crippen molar-refractivity contribution in [3.8, 4) is 0 Å². The molecule has 0 saturated heterocycles. The highest BCUT2D eigenvalue weighted by atomic mass is 31.2. The SMILES string of the molecule is CCOP(=O)(OCC)C(O[Si](C)(C)C)(C(C)C)C(F)(F)F. The third-order valence-electron chi connectivity index (χ3n) is 2.66. The van der Waals surface area contributed by atoms with Crippen LogP contribution in [0.15, 0.2) is 0 Å². The number of rotatable bonds is 8. The van der Waals surface area contributed by atoms with Crippen LogP contribution in [0.25, 0.3) is 0 Å². The molecule has 0 aromatic carbocycles. The lowest BCUT2D eigenvalue weighted by Crippen LogP contribution is -2.56. The first-order valence-corrected chi connectivity index (χ1v) is 11.9. The highest BCUT2D eigenvalue weighted by molar-refractivity contribution is 7.55. The molecule has 21 heavy (non-hydrogen) atoms. The van der Waals surface area contributed by atoms with Gasteiger partial charge < -0.3 is 13.5 Å². The number of alkyl halides is 3. The molecule has 0 saturated carbocycles. The van der Waals surface area contributed by atoms with E-state index >= 15 is 0 Å². The minimum absolute atomic E-state index is 0.156. The van der Waals surface area contributed by atoms with Crippen LogP contribution in [-0.4, -0.2) is 33.0 Å². The van der Waals surface area contributed by atoms with Crippen LogP contribution in [0.4, 0.5) is 13.2 Å². The molecule has 0 aliphatic heterocycles. The molecule has 0 heterocycles. The molecule has 9 heteroatoms. The van der Waals surface area contributed by atoms with Gasteiger partial charge in [0.1, 0.15) is 0 Å². The van der Waals surface area contributed by atoms with Crippen molar-refractivity contribution in [2.24, 2.45) is 5.92 Å². The fourth-order valence-corrected chi connectivity index (χ4v) is 6.70. The van der Waals surface area contributed by atoms with E-state index in [4.69, 9.17) is 13.5 Å². The molecule has 0 aliphatic carbocycles. The van der Waals surface area contributed by atoms with Gasteiger partial charge in [0, 0.05) is 5.92 Å². The van der Waals surface area contributed by atoms with Crippen molar-refractivity contribution >= 4 is 15.9 Å². The molecule has 0 radical (unpaired) electrons. The summed E-state index contributed by atoms with van der Waals surface area (Å²) in [4.78, 5) is 0. The predicted octanol–water partition coefficient (Wildman–Crippen LogP) is 5.02. The standard InChI is InChI=1S/C12H26F3O4PSi/c1-8-17-20(16,18-9-2)11(10(3)4,12(13,14)15)19-21(5,6)7/h10H,8-9H2,1-7H3. The molecule has 0 aromatic rings. The molecule has 1 unspecified atom stereocenters. The fourth-order valence-electron chi connectivity index (χ4n) is 2.07. The van der Waals surface area contributed by atoms with Crippen molar-refractivity contribution in [1.82, 2.24) is 0 Å². The highest BCUT2D eigenvalue weighted by Crippen LogP contribution is 2.69. The summed E-state index contributed by atoms with van der Waals surface area (Å²) < 4.78 is 69.9. The lowest BCUT2D eigenvalue weighted by atomic mass is 10.1. The highest BCUT2D eigenvalue weighted by Gasteiger charge is 2.72. The van der Waals surface area contributed by atoms with Gasteiger partial charge >= 0.3 is 13.8 Å². The Bertz CT molecular complexity index is 372. The van der Waals surface area contributed by atoms with E-state index in [1.807, 2.05) is 0 Å². The predicted molar refractivity (Wildman–Crippen MR) is 78.9 cm³/mol. The van der Waals surface area contributed by atoms with Crippen LogP contribution in [0.3, 0.4) is 0 Å². The molecule has 0 N–H and O–H groups in total. The van der Waals surface area contributed by atoms with Crippen molar-refractivity contribution < 1.29 is 31.2 Å².